The summed E-state index contributed by atoms with van der Waals surface area (Å²) in [6.07, 6.45) is 0.614. The highest BCUT2D eigenvalue weighted by Gasteiger charge is 2.14. The molecule has 3 aromatic rings. The summed E-state index contributed by atoms with van der Waals surface area (Å²) in [4.78, 5) is 31.2. The van der Waals surface area contributed by atoms with Crippen molar-refractivity contribution in [3.8, 4) is 11.7 Å². The van der Waals surface area contributed by atoms with Gasteiger partial charge in [0, 0.05) is 17.8 Å². The highest BCUT2D eigenvalue weighted by Crippen LogP contribution is 2.17. The molecular formula is C19H21N5O3. The number of H-pyrrole nitrogens is 1. The minimum atomic E-state index is -0.339. The first-order valence-electron chi connectivity index (χ1n) is 8.62. The molecule has 27 heavy (non-hydrogen) atoms. The molecule has 1 amide bonds. The van der Waals surface area contributed by atoms with Crippen molar-refractivity contribution < 1.29 is 9.53 Å². The molecule has 0 aliphatic carbocycles. The predicted octanol–water partition coefficient (Wildman–Crippen LogP) is 2.15. The van der Waals surface area contributed by atoms with Gasteiger partial charge in [-0.15, -0.1) is 0 Å². The van der Waals surface area contributed by atoms with E-state index < -0.39 is 0 Å². The Kier molecular flexibility index (Phi) is 5.35. The van der Waals surface area contributed by atoms with Crippen LogP contribution in [0.2, 0.25) is 0 Å². The normalized spacial score (nSPS) is 10.6. The van der Waals surface area contributed by atoms with Crippen LogP contribution in [-0.2, 0) is 11.2 Å². The number of nitrogens with zero attached hydrogens (tertiary/aromatic N) is 3. The molecule has 0 atom stereocenters. The van der Waals surface area contributed by atoms with E-state index >= 15 is 0 Å². The molecule has 140 valence electrons. The Morgan fingerprint density at radius 3 is 2.78 bits per heavy atom. The van der Waals surface area contributed by atoms with E-state index in [4.69, 9.17) is 4.74 Å². The number of para-hydroxylation sites is 1. The molecule has 2 N–H and O–H groups in total. The number of nitrogens with one attached hydrogen (secondary N) is 2. The number of aromatic nitrogens is 4. The van der Waals surface area contributed by atoms with Crippen molar-refractivity contribution in [1.29, 1.82) is 0 Å². The second-order valence-electron chi connectivity index (χ2n) is 6.10. The number of hydrogen-bond donors (Lipinski definition) is 2. The molecule has 0 saturated heterocycles. The topological polar surface area (TPSA) is 102 Å². The smallest absolute Gasteiger partial charge is 0.263 e. The lowest BCUT2D eigenvalue weighted by Gasteiger charge is -2.10. The first-order chi connectivity index (χ1) is 13.0. The molecule has 0 radical (unpaired) electrons. The molecule has 2 heterocycles. The van der Waals surface area contributed by atoms with Gasteiger partial charge >= 0.3 is 0 Å². The van der Waals surface area contributed by atoms with Crippen LogP contribution in [0.15, 0.2) is 41.2 Å². The Hall–Kier alpha value is -3.42. The van der Waals surface area contributed by atoms with Crippen LogP contribution in [0.1, 0.15) is 23.9 Å². The van der Waals surface area contributed by atoms with Crippen LogP contribution in [0, 0.1) is 13.8 Å². The molecule has 0 unspecified atom stereocenters. The molecule has 2 aromatic heterocycles. The molecule has 0 saturated carbocycles. The number of benzene rings is 1. The van der Waals surface area contributed by atoms with E-state index in [0.29, 0.717) is 29.4 Å². The van der Waals surface area contributed by atoms with Gasteiger partial charge in [0.25, 0.3) is 11.5 Å². The second-order valence-corrected chi connectivity index (χ2v) is 6.10. The highest BCUT2D eigenvalue weighted by atomic mass is 16.5. The van der Waals surface area contributed by atoms with Gasteiger partial charge in [0.1, 0.15) is 11.6 Å². The third kappa shape index (κ3) is 4.41. The van der Waals surface area contributed by atoms with E-state index in [1.165, 1.54) is 10.7 Å². The van der Waals surface area contributed by atoms with E-state index in [2.05, 4.69) is 20.4 Å². The fourth-order valence-electron chi connectivity index (χ4n) is 2.57. The molecule has 3 rings (SSSR count). The van der Waals surface area contributed by atoms with E-state index in [-0.39, 0.29) is 24.0 Å². The number of aromatic amines is 1. The number of hydrogen-bond acceptors (Lipinski definition) is 5. The number of ether oxygens (including phenoxy) is 1. The number of carbonyl (C=O) groups excluding carboxylic acids is 1. The summed E-state index contributed by atoms with van der Waals surface area (Å²) in [5, 5.41) is 7.06. The number of anilines is 1. The number of carbonyl (C=O) groups is 1. The number of aryl methyl sites for hydroxylation is 3. The van der Waals surface area contributed by atoms with Crippen LogP contribution >= 0.6 is 0 Å². The van der Waals surface area contributed by atoms with Crippen molar-refractivity contribution >= 4 is 11.7 Å². The van der Waals surface area contributed by atoms with Crippen molar-refractivity contribution in [1.82, 2.24) is 19.7 Å². The quantitative estimate of drug-likeness (QED) is 0.695. The molecule has 0 aliphatic rings. The summed E-state index contributed by atoms with van der Waals surface area (Å²) >= 11 is 0. The van der Waals surface area contributed by atoms with Crippen LogP contribution in [0.5, 0.6) is 5.75 Å². The standard InChI is InChI=1S/C19H21N5O3/c1-4-14-10-17(25)22-19(20-14)24-16(9-13(3)23-24)21-18(26)11-27-15-8-6-5-7-12(15)2/h5-10H,4,11H2,1-3H3,(H,21,26)(H,20,22,25). The Bertz CT molecular complexity index is 1020. The lowest BCUT2D eigenvalue weighted by molar-refractivity contribution is -0.118. The highest BCUT2D eigenvalue weighted by molar-refractivity contribution is 5.91. The van der Waals surface area contributed by atoms with Gasteiger partial charge in [-0.2, -0.15) is 9.78 Å². The van der Waals surface area contributed by atoms with Gasteiger partial charge in [-0.3, -0.25) is 14.6 Å². The maximum absolute atomic E-state index is 12.3. The predicted molar refractivity (Wildman–Crippen MR) is 101 cm³/mol. The van der Waals surface area contributed by atoms with Crippen LogP contribution < -0.4 is 15.6 Å². The van der Waals surface area contributed by atoms with E-state index in [1.807, 2.05) is 38.1 Å². The van der Waals surface area contributed by atoms with Gasteiger partial charge in [0.05, 0.1) is 5.69 Å². The van der Waals surface area contributed by atoms with Crippen LogP contribution in [0.3, 0.4) is 0 Å². The maximum atomic E-state index is 12.3. The third-order valence-corrected chi connectivity index (χ3v) is 3.90. The van der Waals surface area contributed by atoms with E-state index in [0.717, 1.165) is 5.56 Å². The largest absolute Gasteiger partial charge is 0.483 e. The summed E-state index contributed by atoms with van der Waals surface area (Å²) in [5.74, 6) is 0.970. The zero-order valence-corrected chi connectivity index (χ0v) is 15.4. The maximum Gasteiger partial charge on any atom is 0.263 e. The minimum absolute atomic E-state index is 0.145. The van der Waals surface area contributed by atoms with Crippen molar-refractivity contribution in [3.63, 3.8) is 0 Å². The monoisotopic (exact) mass is 367 g/mol. The van der Waals surface area contributed by atoms with Crippen LogP contribution in [0.4, 0.5) is 5.82 Å². The first kappa shape index (κ1) is 18.4. The van der Waals surface area contributed by atoms with Gasteiger partial charge in [-0.25, -0.2) is 4.98 Å². The molecule has 0 aliphatic heterocycles. The molecule has 0 bridgehead atoms. The summed E-state index contributed by atoms with van der Waals surface area (Å²) < 4.78 is 6.97. The SMILES string of the molecule is CCc1cc(=O)[nH]c(-n2nc(C)cc2NC(=O)COc2ccccc2C)n1. The lowest BCUT2D eigenvalue weighted by atomic mass is 10.2. The lowest BCUT2D eigenvalue weighted by Crippen LogP contribution is -2.23. The molecule has 8 heteroatoms. The van der Waals surface area contributed by atoms with Crippen molar-refractivity contribution in [2.24, 2.45) is 0 Å². The fourth-order valence-corrected chi connectivity index (χ4v) is 2.57. The summed E-state index contributed by atoms with van der Waals surface area (Å²) in [6, 6.07) is 10.6. The van der Waals surface area contributed by atoms with E-state index in [1.54, 1.807) is 13.0 Å². The molecule has 1 aromatic carbocycles. The fraction of sp³-hybridized carbons (Fsp3) is 0.263. The average molecular weight is 367 g/mol. The minimum Gasteiger partial charge on any atom is -0.483 e. The summed E-state index contributed by atoms with van der Waals surface area (Å²) in [5.41, 5.74) is 1.99. The van der Waals surface area contributed by atoms with Gasteiger partial charge in [0.2, 0.25) is 5.95 Å². The van der Waals surface area contributed by atoms with Gasteiger partial charge in [-0.1, -0.05) is 25.1 Å². The van der Waals surface area contributed by atoms with Crippen molar-refractivity contribution in [3.05, 3.63) is 63.7 Å². The summed E-state index contributed by atoms with van der Waals surface area (Å²) in [6.45, 7) is 5.46. The van der Waals surface area contributed by atoms with Gasteiger partial charge in [0.15, 0.2) is 6.61 Å². The van der Waals surface area contributed by atoms with Gasteiger partial charge < -0.3 is 10.1 Å². The Morgan fingerprint density at radius 2 is 2.04 bits per heavy atom. The summed E-state index contributed by atoms with van der Waals surface area (Å²) in [7, 11) is 0. The third-order valence-electron chi connectivity index (χ3n) is 3.90. The van der Waals surface area contributed by atoms with E-state index in [9.17, 15) is 9.59 Å². The van der Waals surface area contributed by atoms with Gasteiger partial charge in [-0.05, 0) is 31.9 Å². The zero-order valence-electron chi connectivity index (χ0n) is 15.4. The average Bonchev–Trinajstić information content (AvgIpc) is 3.00. The molecule has 0 spiro atoms. The number of rotatable bonds is 6. The Labute approximate surface area is 156 Å². The second kappa shape index (κ2) is 7.86. The molecule has 0 fully saturated rings. The molecule has 8 nitrogen and oxygen atoms in total. The zero-order chi connectivity index (χ0) is 19.4. The van der Waals surface area contributed by atoms with Crippen LogP contribution in [-0.4, -0.2) is 32.3 Å². The van der Waals surface area contributed by atoms with Crippen molar-refractivity contribution in [2.75, 3.05) is 11.9 Å². The Balaban J connectivity index is 1.78. The van der Waals surface area contributed by atoms with Crippen LogP contribution in [0.25, 0.3) is 5.95 Å². The first-order valence-corrected chi connectivity index (χ1v) is 8.62. The number of amides is 1. The molecular weight excluding hydrogens is 346 g/mol. The Morgan fingerprint density at radius 1 is 1.26 bits per heavy atom. The van der Waals surface area contributed by atoms with Crippen molar-refractivity contribution in [2.45, 2.75) is 27.2 Å².